The van der Waals surface area contributed by atoms with Gasteiger partial charge in [-0.15, -0.1) is 0 Å². The molecule has 2 aliphatic heterocycles. The Morgan fingerprint density at radius 1 is 1.10 bits per heavy atom. The summed E-state index contributed by atoms with van der Waals surface area (Å²) in [5.41, 5.74) is 2.12. The molecule has 1 N–H and O–H groups in total. The largest absolute Gasteiger partial charge is 0.486 e. The third-order valence-electron chi connectivity index (χ3n) is 4.85. The molecule has 0 aromatic heterocycles. The maximum absolute atomic E-state index is 12.5. The van der Waals surface area contributed by atoms with Crippen molar-refractivity contribution >= 4 is 39.8 Å². The number of fused-ring (bicyclic) bond motifs is 1. The van der Waals surface area contributed by atoms with Gasteiger partial charge in [-0.25, -0.2) is 0 Å². The molecule has 4 rings (SSSR count). The summed E-state index contributed by atoms with van der Waals surface area (Å²) in [6, 6.07) is 17.5. The number of thioether (sulfide) groups is 1. The lowest BCUT2D eigenvalue weighted by molar-refractivity contribution is -0.114. The van der Waals surface area contributed by atoms with Crippen molar-refractivity contribution in [2.75, 3.05) is 0 Å². The number of carbonyl (C=O) groups is 1. The highest BCUT2D eigenvalue weighted by molar-refractivity contribution is 8.26. The van der Waals surface area contributed by atoms with Gasteiger partial charge in [0.25, 0.3) is 5.91 Å². The lowest BCUT2D eigenvalue weighted by Crippen LogP contribution is -2.35. The fraction of sp³-hybridized carbons (Fsp3) is 0.250. The molecular weight excluding hydrogens is 408 g/mol. The van der Waals surface area contributed by atoms with E-state index in [9.17, 15) is 4.79 Å². The standard InChI is InChI=1S/C24H24N4O2S/c1-15(2)13-21-27-28-22(25)20(23(29)26-24(28)31-21)14-17-9-11-19(12-10-17)30-16(3)18-7-5-4-6-8-18/h4-12,14-16,25H,13H2,1-3H3/b20-14-,25-22?/t16-/m1/s1. The van der Waals surface area contributed by atoms with Crippen LogP contribution in [0.15, 0.2) is 70.3 Å². The van der Waals surface area contributed by atoms with E-state index in [1.54, 1.807) is 6.08 Å². The van der Waals surface area contributed by atoms with Gasteiger partial charge in [0.05, 0.1) is 5.57 Å². The molecule has 6 nitrogen and oxygen atoms in total. The Hall–Kier alpha value is -3.19. The van der Waals surface area contributed by atoms with Crippen LogP contribution in [0.1, 0.15) is 44.4 Å². The number of rotatable bonds is 6. The summed E-state index contributed by atoms with van der Waals surface area (Å²) in [4.78, 5) is 16.7. The van der Waals surface area contributed by atoms with Gasteiger partial charge in [-0.05, 0) is 53.9 Å². The molecule has 1 atom stereocenters. The van der Waals surface area contributed by atoms with E-state index < -0.39 is 5.91 Å². The van der Waals surface area contributed by atoms with Crippen molar-refractivity contribution < 1.29 is 9.53 Å². The zero-order valence-electron chi connectivity index (χ0n) is 17.7. The number of hydrazone groups is 1. The van der Waals surface area contributed by atoms with Crippen molar-refractivity contribution in [3.05, 3.63) is 71.3 Å². The number of carbonyl (C=O) groups excluding carboxylic acids is 1. The maximum atomic E-state index is 12.5. The topological polar surface area (TPSA) is 78.1 Å². The van der Waals surface area contributed by atoms with Crippen LogP contribution in [0, 0.1) is 11.3 Å². The van der Waals surface area contributed by atoms with E-state index >= 15 is 0 Å². The number of benzene rings is 2. The van der Waals surface area contributed by atoms with Crippen LogP contribution in [-0.2, 0) is 4.79 Å². The summed E-state index contributed by atoms with van der Waals surface area (Å²) >= 11 is 1.36. The minimum absolute atomic E-state index is 0.0549. The number of hydrogen-bond donors (Lipinski definition) is 1. The van der Waals surface area contributed by atoms with Gasteiger partial charge in [0.2, 0.25) is 5.17 Å². The molecule has 1 amide bonds. The predicted octanol–water partition coefficient (Wildman–Crippen LogP) is 5.49. The molecule has 0 unspecified atom stereocenters. The zero-order chi connectivity index (χ0) is 22.0. The first-order valence-electron chi connectivity index (χ1n) is 10.2. The number of amidine groups is 2. The lowest BCUT2D eigenvalue weighted by Gasteiger charge is -2.20. The molecule has 0 fully saturated rings. The predicted molar refractivity (Wildman–Crippen MR) is 126 cm³/mol. The molecule has 2 heterocycles. The quantitative estimate of drug-likeness (QED) is 0.612. The van der Waals surface area contributed by atoms with Gasteiger partial charge < -0.3 is 4.74 Å². The van der Waals surface area contributed by atoms with Gasteiger partial charge in [-0.2, -0.15) is 15.1 Å². The van der Waals surface area contributed by atoms with Crippen molar-refractivity contribution in [1.82, 2.24) is 5.01 Å². The highest BCUT2D eigenvalue weighted by atomic mass is 32.2. The minimum atomic E-state index is -0.414. The van der Waals surface area contributed by atoms with E-state index in [-0.39, 0.29) is 17.5 Å². The van der Waals surface area contributed by atoms with Crippen LogP contribution < -0.4 is 4.74 Å². The van der Waals surface area contributed by atoms with E-state index in [0.29, 0.717) is 11.1 Å². The average molecular weight is 433 g/mol. The van der Waals surface area contributed by atoms with Gasteiger partial charge in [0.1, 0.15) is 16.9 Å². The third-order valence-corrected chi connectivity index (χ3v) is 5.78. The number of nitrogens with one attached hydrogen (secondary N) is 1. The van der Waals surface area contributed by atoms with E-state index in [1.165, 1.54) is 16.8 Å². The number of aliphatic imine (C=N–C) groups is 1. The highest BCUT2D eigenvalue weighted by Crippen LogP contribution is 2.31. The Morgan fingerprint density at radius 2 is 1.81 bits per heavy atom. The molecule has 0 spiro atoms. The zero-order valence-corrected chi connectivity index (χ0v) is 18.5. The molecule has 31 heavy (non-hydrogen) atoms. The Kier molecular flexibility index (Phi) is 6.04. The number of ether oxygens (including phenoxy) is 1. The summed E-state index contributed by atoms with van der Waals surface area (Å²) in [7, 11) is 0. The van der Waals surface area contributed by atoms with Gasteiger partial charge in [-0.1, -0.05) is 56.3 Å². The Morgan fingerprint density at radius 3 is 2.48 bits per heavy atom. The van der Waals surface area contributed by atoms with Gasteiger partial charge >= 0.3 is 0 Å². The molecule has 0 aliphatic carbocycles. The molecule has 7 heteroatoms. The fourth-order valence-corrected chi connectivity index (χ4v) is 4.37. The third kappa shape index (κ3) is 4.77. The van der Waals surface area contributed by atoms with Crippen LogP contribution in [0.4, 0.5) is 0 Å². The summed E-state index contributed by atoms with van der Waals surface area (Å²) in [6.07, 6.45) is 2.40. The summed E-state index contributed by atoms with van der Waals surface area (Å²) in [5, 5.41) is 15.7. The Balaban J connectivity index is 1.49. The summed E-state index contributed by atoms with van der Waals surface area (Å²) in [6.45, 7) is 6.22. The summed E-state index contributed by atoms with van der Waals surface area (Å²) < 4.78 is 6.01. The van der Waals surface area contributed by atoms with E-state index in [1.807, 2.05) is 61.5 Å². The van der Waals surface area contributed by atoms with E-state index in [0.717, 1.165) is 28.3 Å². The molecule has 0 saturated heterocycles. The van der Waals surface area contributed by atoms with Crippen molar-refractivity contribution in [2.24, 2.45) is 16.0 Å². The number of hydrogen-bond acceptors (Lipinski definition) is 5. The molecule has 158 valence electrons. The van der Waals surface area contributed by atoms with Crippen LogP contribution in [0.5, 0.6) is 5.75 Å². The van der Waals surface area contributed by atoms with E-state index in [4.69, 9.17) is 10.1 Å². The van der Waals surface area contributed by atoms with Crippen molar-refractivity contribution in [1.29, 1.82) is 5.41 Å². The molecule has 2 aromatic carbocycles. The smallest absolute Gasteiger partial charge is 0.283 e. The van der Waals surface area contributed by atoms with Gasteiger partial charge in [-0.3, -0.25) is 10.2 Å². The Labute approximate surface area is 186 Å². The monoisotopic (exact) mass is 432 g/mol. The first-order valence-corrected chi connectivity index (χ1v) is 11.0. The number of amides is 1. The number of nitrogens with zero attached hydrogens (tertiary/aromatic N) is 3. The maximum Gasteiger partial charge on any atom is 0.283 e. The minimum Gasteiger partial charge on any atom is -0.486 e. The SMILES string of the molecule is CC(C)CC1=NN2C(=N)/C(=C/c3ccc(O[C@H](C)c4ccccc4)cc3)C(=O)N=C2S1. The second-order valence-corrected chi connectivity index (χ2v) is 8.89. The van der Waals surface area contributed by atoms with Crippen molar-refractivity contribution in [3.8, 4) is 5.75 Å². The lowest BCUT2D eigenvalue weighted by atomic mass is 10.1. The molecule has 0 bridgehead atoms. The van der Waals surface area contributed by atoms with Crippen molar-refractivity contribution in [2.45, 2.75) is 33.3 Å². The van der Waals surface area contributed by atoms with Crippen LogP contribution in [0.3, 0.4) is 0 Å². The van der Waals surface area contributed by atoms with Crippen molar-refractivity contribution in [3.63, 3.8) is 0 Å². The second kappa shape index (κ2) is 8.89. The fourth-order valence-electron chi connectivity index (χ4n) is 3.27. The molecule has 2 aromatic rings. The molecule has 2 aliphatic rings. The van der Waals surface area contributed by atoms with E-state index in [2.05, 4.69) is 23.9 Å². The normalized spacial score (nSPS) is 18.2. The first-order chi connectivity index (χ1) is 14.9. The van der Waals surface area contributed by atoms with Crippen LogP contribution in [0.25, 0.3) is 6.08 Å². The molecule has 0 radical (unpaired) electrons. The van der Waals surface area contributed by atoms with Crippen LogP contribution in [0.2, 0.25) is 0 Å². The average Bonchev–Trinajstić information content (AvgIpc) is 3.14. The molecule has 0 saturated carbocycles. The van der Waals surface area contributed by atoms with Gasteiger partial charge in [0, 0.05) is 6.42 Å². The van der Waals surface area contributed by atoms with Gasteiger partial charge in [0.15, 0.2) is 5.84 Å². The highest BCUT2D eigenvalue weighted by Gasteiger charge is 2.35. The van der Waals surface area contributed by atoms with Crippen LogP contribution >= 0.6 is 11.8 Å². The summed E-state index contributed by atoms with van der Waals surface area (Å²) in [5.74, 6) is 0.822. The first kappa shape index (κ1) is 21.1. The Bertz CT molecular complexity index is 1090. The second-order valence-electron chi connectivity index (χ2n) is 7.85. The van der Waals surface area contributed by atoms with Crippen LogP contribution in [-0.4, -0.2) is 27.0 Å². The molecular formula is C24H24N4O2S.